The summed E-state index contributed by atoms with van der Waals surface area (Å²) in [5, 5.41) is 0. The van der Waals surface area contributed by atoms with Gasteiger partial charge in [0.05, 0.1) is 12.8 Å². The molecular weight excluding hydrogens is 226 g/mol. The van der Waals surface area contributed by atoms with E-state index >= 15 is 0 Å². The van der Waals surface area contributed by atoms with Gasteiger partial charge in [-0.05, 0) is 37.1 Å². The summed E-state index contributed by atoms with van der Waals surface area (Å²) in [5.41, 5.74) is 0.746. The molecule has 1 heterocycles. The molecule has 0 saturated heterocycles. The molecule has 1 amide bonds. The molecule has 0 unspecified atom stereocenters. The van der Waals surface area contributed by atoms with Crippen molar-refractivity contribution in [2.24, 2.45) is 0 Å². The molecule has 0 aliphatic heterocycles. The van der Waals surface area contributed by atoms with Gasteiger partial charge in [-0.15, -0.1) is 0 Å². The largest absolute Gasteiger partial charge is 0.467 e. The Balaban J connectivity index is 1.80. The van der Waals surface area contributed by atoms with Crippen LogP contribution in [0.15, 0.2) is 53.1 Å². The highest BCUT2D eigenvalue weighted by atomic mass is 16.3. The lowest BCUT2D eigenvalue weighted by atomic mass is 10.2. The van der Waals surface area contributed by atoms with E-state index < -0.39 is 0 Å². The second-order valence-electron chi connectivity index (χ2n) is 4.61. The van der Waals surface area contributed by atoms with Crippen LogP contribution in [0.25, 0.3) is 0 Å². The number of nitrogens with zero attached hydrogens (tertiary/aromatic N) is 1. The Bertz CT molecular complexity index is 515. The van der Waals surface area contributed by atoms with Crippen molar-refractivity contribution in [3.63, 3.8) is 0 Å². The van der Waals surface area contributed by atoms with Crippen LogP contribution in [0.3, 0.4) is 0 Å². The standard InChI is InChI=1S/C15H15NO2/c17-15(12-5-2-1-3-6-12)16(13-8-9-13)11-14-7-4-10-18-14/h1-7,10,13H,8-9,11H2. The number of hydrogen-bond donors (Lipinski definition) is 0. The van der Waals surface area contributed by atoms with E-state index in [0.717, 1.165) is 24.2 Å². The van der Waals surface area contributed by atoms with Crippen molar-refractivity contribution >= 4 is 5.91 Å². The summed E-state index contributed by atoms with van der Waals surface area (Å²) < 4.78 is 5.33. The zero-order chi connectivity index (χ0) is 12.4. The van der Waals surface area contributed by atoms with E-state index in [-0.39, 0.29) is 5.91 Å². The van der Waals surface area contributed by atoms with Gasteiger partial charge in [0.2, 0.25) is 0 Å². The van der Waals surface area contributed by atoms with Crippen molar-refractivity contribution in [1.82, 2.24) is 4.90 Å². The highest BCUT2D eigenvalue weighted by Crippen LogP contribution is 2.29. The Hall–Kier alpha value is -2.03. The molecule has 3 heteroatoms. The summed E-state index contributed by atoms with van der Waals surface area (Å²) in [6.07, 6.45) is 3.84. The van der Waals surface area contributed by atoms with E-state index in [2.05, 4.69) is 0 Å². The van der Waals surface area contributed by atoms with Gasteiger partial charge in [-0.25, -0.2) is 0 Å². The maximum absolute atomic E-state index is 12.4. The summed E-state index contributed by atoms with van der Waals surface area (Å²) in [6.45, 7) is 0.561. The fraction of sp³-hybridized carbons (Fsp3) is 0.267. The van der Waals surface area contributed by atoms with Gasteiger partial charge < -0.3 is 9.32 Å². The lowest BCUT2D eigenvalue weighted by Crippen LogP contribution is -2.32. The van der Waals surface area contributed by atoms with Crippen LogP contribution in [0.4, 0.5) is 0 Å². The molecule has 0 radical (unpaired) electrons. The summed E-state index contributed by atoms with van der Waals surface area (Å²) in [4.78, 5) is 14.3. The number of carbonyl (C=O) groups excluding carboxylic acids is 1. The van der Waals surface area contributed by atoms with Crippen molar-refractivity contribution in [1.29, 1.82) is 0 Å². The average Bonchev–Trinajstić information content (AvgIpc) is 3.13. The van der Waals surface area contributed by atoms with Gasteiger partial charge in [-0.1, -0.05) is 18.2 Å². The highest BCUT2D eigenvalue weighted by molar-refractivity contribution is 5.94. The molecule has 18 heavy (non-hydrogen) atoms. The molecule has 1 aliphatic carbocycles. The lowest BCUT2D eigenvalue weighted by Gasteiger charge is -2.21. The maximum atomic E-state index is 12.4. The first kappa shape index (κ1) is 11.1. The van der Waals surface area contributed by atoms with E-state index in [1.54, 1.807) is 6.26 Å². The van der Waals surface area contributed by atoms with E-state index in [0.29, 0.717) is 12.6 Å². The minimum Gasteiger partial charge on any atom is -0.467 e. The first-order valence-corrected chi connectivity index (χ1v) is 6.23. The lowest BCUT2D eigenvalue weighted by molar-refractivity contribution is 0.0717. The third-order valence-corrected chi connectivity index (χ3v) is 3.18. The van der Waals surface area contributed by atoms with Crippen LogP contribution in [0.2, 0.25) is 0 Å². The molecule has 3 nitrogen and oxygen atoms in total. The molecule has 1 aromatic heterocycles. The molecular formula is C15H15NO2. The van der Waals surface area contributed by atoms with Gasteiger partial charge in [0.25, 0.3) is 5.91 Å². The van der Waals surface area contributed by atoms with Crippen molar-refractivity contribution in [3.8, 4) is 0 Å². The van der Waals surface area contributed by atoms with Crippen molar-refractivity contribution in [3.05, 3.63) is 60.1 Å². The Kier molecular flexibility index (Phi) is 2.89. The Morgan fingerprint density at radius 2 is 1.94 bits per heavy atom. The Labute approximate surface area is 106 Å². The van der Waals surface area contributed by atoms with Crippen molar-refractivity contribution < 1.29 is 9.21 Å². The van der Waals surface area contributed by atoms with E-state index in [4.69, 9.17) is 4.42 Å². The molecule has 1 aliphatic rings. The predicted molar refractivity (Wildman–Crippen MR) is 68.0 cm³/mol. The number of hydrogen-bond acceptors (Lipinski definition) is 2. The summed E-state index contributed by atoms with van der Waals surface area (Å²) in [5.74, 6) is 0.931. The van der Waals surface area contributed by atoms with Crippen LogP contribution < -0.4 is 0 Å². The Morgan fingerprint density at radius 1 is 1.17 bits per heavy atom. The third-order valence-electron chi connectivity index (χ3n) is 3.18. The van der Waals surface area contributed by atoms with Gasteiger partial charge in [0.1, 0.15) is 5.76 Å². The van der Waals surface area contributed by atoms with Crippen LogP contribution in [-0.2, 0) is 6.54 Å². The van der Waals surface area contributed by atoms with E-state index in [1.165, 1.54) is 0 Å². The first-order chi connectivity index (χ1) is 8.84. The number of carbonyl (C=O) groups is 1. The Morgan fingerprint density at radius 3 is 2.56 bits per heavy atom. The highest BCUT2D eigenvalue weighted by Gasteiger charge is 2.33. The maximum Gasteiger partial charge on any atom is 0.254 e. The smallest absolute Gasteiger partial charge is 0.254 e. The average molecular weight is 241 g/mol. The number of benzene rings is 1. The molecule has 1 aromatic carbocycles. The monoisotopic (exact) mass is 241 g/mol. The minimum atomic E-state index is 0.0921. The van der Waals surface area contributed by atoms with Gasteiger partial charge in [0, 0.05) is 11.6 Å². The van der Waals surface area contributed by atoms with Crippen LogP contribution in [-0.4, -0.2) is 16.8 Å². The van der Waals surface area contributed by atoms with Crippen molar-refractivity contribution in [2.75, 3.05) is 0 Å². The summed E-state index contributed by atoms with van der Waals surface area (Å²) >= 11 is 0. The molecule has 0 N–H and O–H groups in total. The fourth-order valence-electron chi connectivity index (χ4n) is 2.07. The van der Waals surface area contributed by atoms with E-state index in [1.807, 2.05) is 47.4 Å². The molecule has 1 saturated carbocycles. The van der Waals surface area contributed by atoms with Gasteiger partial charge in [-0.2, -0.15) is 0 Å². The second-order valence-corrected chi connectivity index (χ2v) is 4.61. The first-order valence-electron chi connectivity index (χ1n) is 6.23. The van der Waals surface area contributed by atoms with Gasteiger partial charge >= 0.3 is 0 Å². The van der Waals surface area contributed by atoms with Crippen LogP contribution in [0, 0.1) is 0 Å². The quantitative estimate of drug-likeness (QED) is 0.824. The van der Waals surface area contributed by atoms with Gasteiger partial charge in [-0.3, -0.25) is 4.79 Å². The van der Waals surface area contributed by atoms with Crippen molar-refractivity contribution in [2.45, 2.75) is 25.4 Å². The number of furan rings is 1. The predicted octanol–water partition coefficient (Wildman–Crippen LogP) is 3.08. The molecule has 0 atom stereocenters. The number of rotatable bonds is 4. The topological polar surface area (TPSA) is 33.5 Å². The zero-order valence-electron chi connectivity index (χ0n) is 10.1. The SMILES string of the molecule is O=C(c1ccccc1)N(Cc1ccco1)C1CC1. The third kappa shape index (κ3) is 2.30. The number of amides is 1. The van der Waals surface area contributed by atoms with Crippen LogP contribution in [0.5, 0.6) is 0 Å². The molecule has 2 aromatic rings. The molecule has 0 bridgehead atoms. The fourth-order valence-corrected chi connectivity index (χ4v) is 2.07. The van der Waals surface area contributed by atoms with E-state index in [9.17, 15) is 4.79 Å². The normalized spacial score (nSPS) is 14.4. The van der Waals surface area contributed by atoms with Gasteiger partial charge in [0.15, 0.2) is 0 Å². The molecule has 92 valence electrons. The summed E-state index contributed by atoms with van der Waals surface area (Å²) in [7, 11) is 0. The zero-order valence-corrected chi connectivity index (χ0v) is 10.1. The molecule has 0 spiro atoms. The summed E-state index contributed by atoms with van der Waals surface area (Å²) in [6, 6.07) is 13.6. The minimum absolute atomic E-state index is 0.0921. The second kappa shape index (κ2) is 4.69. The molecule has 3 rings (SSSR count). The van der Waals surface area contributed by atoms with Crippen LogP contribution in [0.1, 0.15) is 29.0 Å². The molecule has 1 fully saturated rings. The van der Waals surface area contributed by atoms with Crippen LogP contribution >= 0.6 is 0 Å².